The molecule has 0 unspecified atom stereocenters. The Morgan fingerprint density at radius 1 is 1.67 bits per heavy atom. The minimum absolute atomic E-state index is 0.278. The lowest BCUT2D eigenvalue weighted by Crippen LogP contribution is -2.49. The van der Waals surface area contributed by atoms with Gasteiger partial charge in [0.2, 0.25) is 5.91 Å². The number of thiazole rings is 1. The van der Waals surface area contributed by atoms with Crippen molar-refractivity contribution < 1.29 is 4.79 Å². The van der Waals surface area contributed by atoms with Gasteiger partial charge in [0.15, 0.2) is 0 Å². The van der Waals surface area contributed by atoms with Crippen LogP contribution in [-0.4, -0.2) is 34.9 Å². The molecular weight excluding hydrogens is 246 g/mol. The molecule has 18 heavy (non-hydrogen) atoms. The number of aromatic nitrogens is 1. The highest BCUT2D eigenvalue weighted by atomic mass is 32.1. The number of carbonyl (C=O) groups is 1. The van der Waals surface area contributed by atoms with Crippen LogP contribution < -0.4 is 5.32 Å². The number of nitrogens with zero attached hydrogens (tertiary/aromatic N) is 2. The molecule has 2 rings (SSSR count). The highest BCUT2D eigenvalue weighted by Crippen LogP contribution is 2.18. The molecule has 1 amide bonds. The SMILES string of the molecule is CCC(=O)N1CC[C@@H](NCc2cscn2)[C@@H](C)C1. The highest BCUT2D eigenvalue weighted by molar-refractivity contribution is 7.07. The average Bonchev–Trinajstić information content (AvgIpc) is 2.89. The normalized spacial score (nSPS) is 24.2. The number of piperidine rings is 1. The van der Waals surface area contributed by atoms with Crippen LogP contribution in [0.25, 0.3) is 0 Å². The van der Waals surface area contributed by atoms with Crippen LogP contribution in [0.5, 0.6) is 0 Å². The molecule has 0 aliphatic carbocycles. The number of likely N-dealkylation sites (tertiary alicyclic amines) is 1. The van der Waals surface area contributed by atoms with Crippen LogP contribution in [0.3, 0.4) is 0 Å². The first kappa shape index (κ1) is 13.5. The molecule has 2 atom stereocenters. The third-order valence-corrected chi connectivity index (χ3v) is 4.22. The Hall–Kier alpha value is -0.940. The first-order valence-electron chi connectivity index (χ1n) is 6.59. The standard InChI is InChI=1S/C13H21N3OS/c1-3-13(17)16-5-4-12(10(2)7-16)14-6-11-8-18-9-15-11/h8-10,12,14H,3-7H2,1-2H3/t10-,12+/m0/s1. The van der Waals surface area contributed by atoms with E-state index < -0.39 is 0 Å². The first-order chi connectivity index (χ1) is 8.70. The van der Waals surface area contributed by atoms with Crippen LogP contribution in [0.2, 0.25) is 0 Å². The van der Waals surface area contributed by atoms with E-state index in [-0.39, 0.29) is 5.91 Å². The number of rotatable bonds is 4. The first-order valence-corrected chi connectivity index (χ1v) is 7.53. The van der Waals surface area contributed by atoms with E-state index in [2.05, 4.69) is 22.6 Å². The van der Waals surface area contributed by atoms with Crippen molar-refractivity contribution in [3.8, 4) is 0 Å². The molecule has 1 aliphatic heterocycles. The second-order valence-electron chi connectivity index (χ2n) is 4.93. The van der Waals surface area contributed by atoms with Crippen molar-refractivity contribution in [1.29, 1.82) is 0 Å². The lowest BCUT2D eigenvalue weighted by atomic mass is 9.93. The van der Waals surface area contributed by atoms with E-state index in [9.17, 15) is 4.79 Å². The molecule has 5 heteroatoms. The fourth-order valence-corrected chi connectivity index (χ4v) is 3.02. The summed E-state index contributed by atoms with van der Waals surface area (Å²) >= 11 is 1.63. The van der Waals surface area contributed by atoms with Gasteiger partial charge in [-0.05, 0) is 12.3 Å². The van der Waals surface area contributed by atoms with Gasteiger partial charge < -0.3 is 10.2 Å². The lowest BCUT2D eigenvalue weighted by Gasteiger charge is -2.37. The predicted molar refractivity (Wildman–Crippen MR) is 73.4 cm³/mol. The molecule has 1 aromatic rings. The van der Waals surface area contributed by atoms with E-state index in [1.54, 1.807) is 11.3 Å². The zero-order valence-corrected chi connectivity index (χ0v) is 11.9. The summed E-state index contributed by atoms with van der Waals surface area (Å²) in [5, 5.41) is 5.63. The molecular formula is C13H21N3OS. The van der Waals surface area contributed by atoms with Crippen LogP contribution >= 0.6 is 11.3 Å². The number of amides is 1. The molecule has 2 heterocycles. The van der Waals surface area contributed by atoms with E-state index in [1.165, 1.54) is 0 Å². The predicted octanol–water partition coefficient (Wildman–Crippen LogP) is 1.88. The lowest BCUT2D eigenvalue weighted by molar-refractivity contribution is -0.132. The monoisotopic (exact) mass is 267 g/mol. The zero-order chi connectivity index (χ0) is 13.0. The molecule has 0 bridgehead atoms. The van der Waals surface area contributed by atoms with Gasteiger partial charge in [-0.1, -0.05) is 13.8 Å². The topological polar surface area (TPSA) is 45.2 Å². The van der Waals surface area contributed by atoms with Crippen molar-refractivity contribution in [2.24, 2.45) is 5.92 Å². The van der Waals surface area contributed by atoms with Crippen LogP contribution in [0.4, 0.5) is 0 Å². The molecule has 0 saturated carbocycles. The Kier molecular flexibility index (Phi) is 4.72. The molecule has 0 aromatic carbocycles. The van der Waals surface area contributed by atoms with Crippen molar-refractivity contribution >= 4 is 17.2 Å². The average molecular weight is 267 g/mol. The fourth-order valence-electron chi connectivity index (χ4n) is 2.46. The van der Waals surface area contributed by atoms with E-state index in [1.807, 2.05) is 17.3 Å². The van der Waals surface area contributed by atoms with Gasteiger partial charge >= 0.3 is 0 Å². The van der Waals surface area contributed by atoms with Crippen LogP contribution in [0, 0.1) is 5.92 Å². The van der Waals surface area contributed by atoms with Crippen molar-refractivity contribution in [1.82, 2.24) is 15.2 Å². The van der Waals surface area contributed by atoms with Crippen LogP contribution in [0.1, 0.15) is 32.4 Å². The molecule has 1 fully saturated rings. The molecule has 1 aromatic heterocycles. The summed E-state index contributed by atoms with van der Waals surface area (Å²) < 4.78 is 0. The molecule has 4 nitrogen and oxygen atoms in total. The summed E-state index contributed by atoms with van der Waals surface area (Å²) in [4.78, 5) is 17.9. The smallest absolute Gasteiger partial charge is 0.222 e. The Morgan fingerprint density at radius 3 is 3.11 bits per heavy atom. The minimum atomic E-state index is 0.278. The van der Waals surface area contributed by atoms with Crippen molar-refractivity contribution in [3.63, 3.8) is 0 Å². The maximum atomic E-state index is 11.7. The minimum Gasteiger partial charge on any atom is -0.342 e. The van der Waals surface area contributed by atoms with E-state index >= 15 is 0 Å². The van der Waals surface area contributed by atoms with Gasteiger partial charge in [0, 0.05) is 37.5 Å². The van der Waals surface area contributed by atoms with E-state index in [4.69, 9.17) is 0 Å². The molecule has 0 spiro atoms. The summed E-state index contributed by atoms with van der Waals surface area (Å²) in [6, 6.07) is 0.493. The van der Waals surface area contributed by atoms with Crippen LogP contribution in [-0.2, 0) is 11.3 Å². The molecule has 100 valence electrons. The maximum Gasteiger partial charge on any atom is 0.222 e. The van der Waals surface area contributed by atoms with Crippen molar-refractivity contribution in [2.45, 2.75) is 39.3 Å². The largest absolute Gasteiger partial charge is 0.342 e. The van der Waals surface area contributed by atoms with E-state index in [0.29, 0.717) is 18.4 Å². The summed E-state index contributed by atoms with van der Waals surface area (Å²) in [5.74, 6) is 0.785. The third kappa shape index (κ3) is 3.29. The van der Waals surface area contributed by atoms with E-state index in [0.717, 1.165) is 31.7 Å². The van der Waals surface area contributed by atoms with Gasteiger partial charge in [-0.2, -0.15) is 0 Å². The third-order valence-electron chi connectivity index (χ3n) is 3.59. The summed E-state index contributed by atoms with van der Waals surface area (Å²) in [6.45, 7) is 6.74. The molecule has 1 saturated heterocycles. The Balaban J connectivity index is 1.80. The van der Waals surface area contributed by atoms with Gasteiger partial charge in [-0.25, -0.2) is 4.98 Å². The van der Waals surface area contributed by atoms with Gasteiger partial charge in [0.1, 0.15) is 0 Å². The number of hydrogen-bond donors (Lipinski definition) is 1. The Bertz CT molecular complexity index is 380. The summed E-state index contributed by atoms with van der Waals surface area (Å²) in [5.41, 5.74) is 2.97. The highest BCUT2D eigenvalue weighted by Gasteiger charge is 2.27. The second kappa shape index (κ2) is 6.29. The zero-order valence-electron chi connectivity index (χ0n) is 11.1. The number of carbonyl (C=O) groups excluding carboxylic acids is 1. The summed E-state index contributed by atoms with van der Waals surface area (Å²) in [7, 11) is 0. The van der Waals surface area contributed by atoms with Crippen molar-refractivity contribution in [2.75, 3.05) is 13.1 Å². The number of hydrogen-bond acceptors (Lipinski definition) is 4. The summed E-state index contributed by atoms with van der Waals surface area (Å²) in [6.07, 6.45) is 1.65. The van der Waals surface area contributed by atoms with Gasteiger partial charge in [-0.15, -0.1) is 11.3 Å². The molecule has 1 N–H and O–H groups in total. The van der Waals surface area contributed by atoms with Crippen molar-refractivity contribution in [3.05, 3.63) is 16.6 Å². The van der Waals surface area contributed by atoms with Crippen LogP contribution in [0.15, 0.2) is 10.9 Å². The fraction of sp³-hybridized carbons (Fsp3) is 0.692. The quantitative estimate of drug-likeness (QED) is 0.906. The maximum absolute atomic E-state index is 11.7. The van der Waals surface area contributed by atoms with Gasteiger partial charge in [0.05, 0.1) is 11.2 Å². The molecule has 0 radical (unpaired) electrons. The second-order valence-corrected chi connectivity index (χ2v) is 5.65. The number of nitrogens with one attached hydrogen (secondary N) is 1. The molecule has 1 aliphatic rings. The van der Waals surface area contributed by atoms with Gasteiger partial charge in [-0.3, -0.25) is 4.79 Å². The Labute approximate surface area is 112 Å². The Morgan fingerprint density at radius 2 is 2.50 bits per heavy atom. The van der Waals surface area contributed by atoms with Gasteiger partial charge in [0.25, 0.3) is 0 Å².